The SMILES string of the molecule is CC(C)N1C=C2N(C(=O)C(N)CN2S(=O)(=O)c2ccc(Cl)cc2Cl)C(Cc2ccc(Cl)cc2)C1=O.N. The molecule has 0 aromatic heterocycles. The second kappa shape index (κ2) is 10.6. The molecule has 5 N–H and O–H groups in total. The minimum Gasteiger partial charge on any atom is -0.344 e. The van der Waals surface area contributed by atoms with E-state index in [2.05, 4.69) is 0 Å². The number of rotatable bonds is 5. The lowest BCUT2D eigenvalue weighted by molar-refractivity contribution is -0.149. The molecule has 2 aromatic rings. The van der Waals surface area contributed by atoms with Crippen LogP contribution >= 0.6 is 34.8 Å². The molecule has 1 fully saturated rings. The van der Waals surface area contributed by atoms with E-state index >= 15 is 0 Å². The monoisotopic (exact) mass is 573 g/mol. The number of hydrogen-bond donors (Lipinski definition) is 2. The van der Waals surface area contributed by atoms with E-state index in [-0.39, 0.29) is 51.8 Å². The van der Waals surface area contributed by atoms with E-state index in [1.807, 2.05) is 0 Å². The Morgan fingerprint density at radius 1 is 1.00 bits per heavy atom. The molecule has 194 valence electrons. The van der Waals surface area contributed by atoms with Gasteiger partial charge in [-0.2, -0.15) is 0 Å². The average molecular weight is 575 g/mol. The van der Waals surface area contributed by atoms with Crippen LogP contribution in [0.3, 0.4) is 0 Å². The van der Waals surface area contributed by atoms with E-state index in [1.165, 1.54) is 34.2 Å². The number of fused-ring (bicyclic) bond motifs is 1. The van der Waals surface area contributed by atoms with Crippen LogP contribution in [0.5, 0.6) is 0 Å². The lowest BCUT2D eigenvalue weighted by Gasteiger charge is -2.48. The zero-order valence-corrected chi connectivity index (χ0v) is 22.7. The number of halogens is 3. The molecule has 36 heavy (non-hydrogen) atoms. The molecule has 0 saturated carbocycles. The number of benzene rings is 2. The molecular formula is C23H26Cl3N5O4S. The van der Waals surface area contributed by atoms with Gasteiger partial charge < -0.3 is 16.8 Å². The molecule has 13 heteroatoms. The van der Waals surface area contributed by atoms with Gasteiger partial charge in [0.1, 0.15) is 22.8 Å². The van der Waals surface area contributed by atoms with E-state index in [0.29, 0.717) is 5.02 Å². The lowest BCUT2D eigenvalue weighted by Crippen LogP contribution is -2.66. The van der Waals surface area contributed by atoms with Crippen molar-refractivity contribution in [1.82, 2.24) is 20.3 Å². The van der Waals surface area contributed by atoms with Crippen molar-refractivity contribution in [2.24, 2.45) is 5.73 Å². The van der Waals surface area contributed by atoms with Gasteiger partial charge in [0.15, 0.2) is 0 Å². The first kappa shape index (κ1) is 28.2. The summed E-state index contributed by atoms with van der Waals surface area (Å²) in [5.74, 6) is -0.848. The van der Waals surface area contributed by atoms with Crippen molar-refractivity contribution < 1.29 is 18.0 Å². The minimum absolute atomic E-state index is 0. The van der Waals surface area contributed by atoms with Gasteiger partial charge >= 0.3 is 0 Å². The first-order chi connectivity index (χ1) is 16.4. The van der Waals surface area contributed by atoms with Gasteiger partial charge in [-0.05, 0) is 49.7 Å². The van der Waals surface area contributed by atoms with E-state index in [0.717, 1.165) is 9.87 Å². The molecule has 1 saturated heterocycles. The van der Waals surface area contributed by atoms with Crippen molar-refractivity contribution >= 4 is 56.6 Å². The zero-order valence-electron chi connectivity index (χ0n) is 19.6. The fourth-order valence-electron chi connectivity index (χ4n) is 4.12. The summed E-state index contributed by atoms with van der Waals surface area (Å²) < 4.78 is 28.5. The molecule has 2 unspecified atom stereocenters. The summed E-state index contributed by atoms with van der Waals surface area (Å²) >= 11 is 18.2. The summed E-state index contributed by atoms with van der Waals surface area (Å²) in [6, 6.07) is 8.43. The number of hydrogen-bond acceptors (Lipinski definition) is 6. The Morgan fingerprint density at radius 2 is 1.61 bits per heavy atom. The maximum atomic E-state index is 13.7. The molecule has 0 spiro atoms. The summed E-state index contributed by atoms with van der Waals surface area (Å²) in [6.07, 6.45) is 1.53. The lowest BCUT2D eigenvalue weighted by atomic mass is 9.99. The molecule has 2 aliphatic heterocycles. The van der Waals surface area contributed by atoms with Crippen LogP contribution in [0.4, 0.5) is 0 Å². The van der Waals surface area contributed by atoms with Crippen LogP contribution in [0, 0.1) is 0 Å². The molecule has 0 bridgehead atoms. The summed E-state index contributed by atoms with van der Waals surface area (Å²) in [4.78, 5) is 29.2. The average Bonchev–Trinajstić information content (AvgIpc) is 2.78. The van der Waals surface area contributed by atoms with Crippen molar-refractivity contribution in [2.45, 2.75) is 43.3 Å². The number of nitrogens with zero attached hydrogens (tertiary/aromatic N) is 3. The Balaban J connectivity index is 0.00000361. The van der Waals surface area contributed by atoms with Gasteiger partial charge in [-0.1, -0.05) is 46.9 Å². The maximum absolute atomic E-state index is 13.7. The maximum Gasteiger partial charge on any atom is 0.267 e. The fourth-order valence-corrected chi connectivity index (χ4v) is 6.47. The van der Waals surface area contributed by atoms with Crippen molar-refractivity contribution in [2.75, 3.05) is 6.54 Å². The second-order valence-corrected chi connectivity index (χ2v) is 11.7. The number of nitrogens with two attached hydrogens (primary N) is 1. The van der Waals surface area contributed by atoms with Crippen LogP contribution in [0.2, 0.25) is 15.1 Å². The summed E-state index contributed by atoms with van der Waals surface area (Å²) in [7, 11) is -4.26. The van der Waals surface area contributed by atoms with Crippen molar-refractivity contribution in [3.63, 3.8) is 0 Å². The molecule has 4 rings (SSSR count). The highest BCUT2D eigenvalue weighted by atomic mass is 35.5. The molecule has 2 atom stereocenters. The first-order valence-electron chi connectivity index (χ1n) is 10.8. The Kier molecular flexibility index (Phi) is 8.29. The van der Waals surface area contributed by atoms with Gasteiger partial charge in [0, 0.05) is 28.7 Å². The number of carbonyl (C=O) groups excluding carboxylic acids is 2. The highest BCUT2D eigenvalue weighted by Gasteiger charge is 2.49. The molecule has 0 aliphatic carbocycles. The van der Waals surface area contributed by atoms with Gasteiger partial charge in [0.05, 0.1) is 11.6 Å². The van der Waals surface area contributed by atoms with E-state index in [1.54, 1.807) is 38.1 Å². The Labute approximate surface area is 225 Å². The first-order valence-corrected chi connectivity index (χ1v) is 13.3. The number of carbonyl (C=O) groups is 2. The predicted octanol–water partition coefficient (Wildman–Crippen LogP) is 3.63. The van der Waals surface area contributed by atoms with Gasteiger partial charge in [-0.3, -0.25) is 14.5 Å². The zero-order chi connectivity index (χ0) is 25.7. The summed E-state index contributed by atoms with van der Waals surface area (Å²) in [5, 5.41) is 0.735. The largest absolute Gasteiger partial charge is 0.344 e. The highest BCUT2D eigenvalue weighted by molar-refractivity contribution is 7.89. The number of amides is 2. The van der Waals surface area contributed by atoms with Crippen LogP contribution in [0.25, 0.3) is 0 Å². The molecule has 2 aliphatic rings. The third-order valence-corrected chi connectivity index (χ3v) is 8.63. The van der Waals surface area contributed by atoms with Gasteiger partial charge in [0.2, 0.25) is 11.8 Å². The highest BCUT2D eigenvalue weighted by Crippen LogP contribution is 2.36. The minimum atomic E-state index is -4.26. The smallest absolute Gasteiger partial charge is 0.267 e. The Morgan fingerprint density at radius 3 is 2.19 bits per heavy atom. The predicted molar refractivity (Wildman–Crippen MR) is 139 cm³/mol. The Hall–Kier alpha value is -2.34. The molecule has 2 heterocycles. The van der Waals surface area contributed by atoms with E-state index < -0.39 is 28.0 Å². The van der Waals surface area contributed by atoms with Crippen molar-refractivity contribution in [3.05, 3.63) is 75.1 Å². The molecular weight excluding hydrogens is 549 g/mol. The Bertz CT molecular complexity index is 1320. The molecule has 2 amide bonds. The fraction of sp³-hybridized carbons (Fsp3) is 0.304. The number of sulfonamides is 1. The molecule has 2 aromatic carbocycles. The van der Waals surface area contributed by atoms with Crippen LogP contribution in [0.1, 0.15) is 19.4 Å². The van der Waals surface area contributed by atoms with Gasteiger partial charge in [-0.25, -0.2) is 12.7 Å². The topological polar surface area (TPSA) is 139 Å². The third-order valence-electron chi connectivity index (χ3n) is 5.89. The van der Waals surface area contributed by atoms with Crippen LogP contribution < -0.4 is 11.9 Å². The van der Waals surface area contributed by atoms with E-state index in [9.17, 15) is 18.0 Å². The summed E-state index contributed by atoms with van der Waals surface area (Å²) in [5.41, 5.74) is 6.86. The van der Waals surface area contributed by atoms with Crippen LogP contribution in [0.15, 0.2) is 59.4 Å². The molecule has 0 radical (unpaired) electrons. The van der Waals surface area contributed by atoms with Gasteiger partial charge in [-0.15, -0.1) is 0 Å². The quantitative estimate of drug-likeness (QED) is 0.559. The normalized spacial score (nSPS) is 20.3. The van der Waals surface area contributed by atoms with Crippen molar-refractivity contribution in [3.8, 4) is 0 Å². The third kappa shape index (κ3) is 5.06. The summed E-state index contributed by atoms with van der Waals surface area (Å²) in [6.45, 7) is 3.29. The second-order valence-electron chi connectivity index (χ2n) is 8.60. The van der Waals surface area contributed by atoms with Crippen molar-refractivity contribution in [1.29, 1.82) is 0 Å². The standard InChI is InChI=1S/C23H23Cl3N4O4S.H3N/c1-13(2)28-12-21-29(35(33,34)20-8-7-16(25)10-17(20)26)11-18(27)22(31)30(21)19(23(28)32)9-14-3-5-15(24)6-4-14;/h3-8,10,12-13,18-19H,9,11,27H2,1-2H3;1H3. The van der Waals surface area contributed by atoms with Crippen LogP contribution in [-0.2, 0) is 26.0 Å². The van der Waals surface area contributed by atoms with Crippen LogP contribution in [-0.4, -0.2) is 59.0 Å². The molecule has 9 nitrogen and oxygen atoms in total. The van der Waals surface area contributed by atoms with E-state index in [4.69, 9.17) is 40.5 Å². The van der Waals surface area contributed by atoms with Gasteiger partial charge in [0.25, 0.3) is 10.0 Å².